The first-order chi connectivity index (χ1) is 21.5. The summed E-state index contributed by atoms with van der Waals surface area (Å²) >= 11 is -1.42. The molecule has 0 radical (unpaired) electrons. The van der Waals surface area contributed by atoms with Gasteiger partial charge in [0.15, 0.2) is 0 Å². The normalized spacial score (nSPS) is 20.4. The van der Waals surface area contributed by atoms with Crippen LogP contribution in [-0.4, -0.2) is 99.5 Å². The fourth-order valence-electron chi connectivity index (χ4n) is 6.08. The van der Waals surface area contributed by atoms with Crippen molar-refractivity contribution in [2.45, 2.75) is 80.7 Å². The van der Waals surface area contributed by atoms with Crippen LogP contribution in [0.1, 0.15) is 85.9 Å². The summed E-state index contributed by atoms with van der Waals surface area (Å²) in [5, 5.41) is 17.9. The van der Waals surface area contributed by atoms with E-state index < -0.39 is 49.0 Å². The van der Waals surface area contributed by atoms with Gasteiger partial charge >= 0.3 is 273 Å². The molecule has 1 saturated heterocycles. The van der Waals surface area contributed by atoms with Crippen LogP contribution in [0.15, 0.2) is 36.4 Å². The number of imide groups is 1. The van der Waals surface area contributed by atoms with Crippen LogP contribution in [0.4, 0.5) is 0 Å². The molecule has 4 amide bonds. The number of carboxylic acid groups (broad SMARTS) is 1. The second kappa shape index (κ2) is 16.4. The number of nitrogens with one attached hydrogen (secondary N) is 2. The molecule has 3 N–H and O–H groups in total. The molecular weight excluding hydrogens is 635 g/mol. The van der Waals surface area contributed by atoms with E-state index in [0.29, 0.717) is 30.5 Å². The molecular formula is C34H47AsN4O6. The van der Waals surface area contributed by atoms with Gasteiger partial charge in [-0.15, -0.1) is 0 Å². The number of fused-ring (bicyclic) bond motifs is 2. The van der Waals surface area contributed by atoms with Crippen LogP contribution in [0.2, 0.25) is 9.41 Å². The summed E-state index contributed by atoms with van der Waals surface area (Å²) in [7, 11) is 2.11. The summed E-state index contributed by atoms with van der Waals surface area (Å²) in [5.41, 5.74) is 0.660. The van der Waals surface area contributed by atoms with Crippen molar-refractivity contribution >= 4 is 56.1 Å². The first-order valence-corrected chi connectivity index (χ1v) is 18.6. The van der Waals surface area contributed by atoms with Crippen LogP contribution in [0.3, 0.4) is 0 Å². The molecule has 1 fully saturated rings. The Morgan fingerprint density at radius 1 is 0.956 bits per heavy atom. The Kier molecular flexibility index (Phi) is 12.6. The molecule has 2 unspecified atom stereocenters. The Balaban J connectivity index is 1.42. The van der Waals surface area contributed by atoms with Crippen molar-refractivity contribution in [2.75, 3.05) is 33.2 Å². The van der Waals surface area contributed by atoms with Crippen LogP contribution in [0, 0.1) is 5.92 Å². The van der Waals surface area contributed by atoms with E-state index in [4.69, 9.17) is 0 Å². The standard InChI is InChI=1S/C34H47AsN4O6/c1-22(2)19-28(30(40)37-29-13-7-10-17-38(3)16-9-4-8-15-36-31(29)41)35-27(34(44)45)14-18-39-32(42)25-20-23-11-5-6-12-24(23)21-26(25)33(39)43/h5-6,11-12,20-22,27-29,35H,4,7-10,13-19H2,1-3H3,(H,36,41)(H,37,40)(H,44,45)/t27?,28-,29+/m1/s1. The van der Waals surface area contributed by atoms with Crippen molar-refractivity contribution in [1.82, 2.24) is 20.4 Å². The van der Waals surface area contributed by atoms with Crippen LogP contribution in [0.25, 0.3) is 10.8 Å². The van der Waals surface area contributed by atoms with E-state index in [2.05, 4.69) is 22.6 Å². The van der Waals surface area contributed by atoms with Crippen molar-refractivity contribution in [3.63, 3.8) is 0 Å². The van der Waals surface area contributed by atoms with E-state index >= 15 is 0 Å². The predicted molar refractivity (Wildman–Crippen MR) is 176 cm³/mol. The Hall–Kier alpha value is -3.23. The third kappa shape index (κ3) is 9.39. The SMILES string of the molecule is CC(C)C[C@@H]([AsH]C(CCN1C(=O)c2cc3ccccc3cc2C1=O)C(=O)O)C(=O)N[C@H]1CCCCN(C)CCCCCNC1=O. The molecule has 45 heavy (non-hydrogen) atoms. The molecule has 2 aliphatic rings. The number of rotatable bonds is 10. The molecule has 2 aromatic rings. The first-order valence-electron chi connectivity index (χ1n) is 16.2. The minimum absolute atomic E-state index is 0.0291. The number of aliphatic carboxylic acids is 1. The summed E-state index contributed by atoms with van der Waals surface area (Å²) in [5.74, 6) is -2.18. The number of hydrogen-bond acceptors (Lipinski definition) is 6. The maximum atomic E-state index is 13.7. The second-order valence-electron chi connectivity index (χ2n) is 12.7. The van der Waals surface area contributed by atoms with Gasteiger partial charge < -0.3 is 0 Å². The molecule has 0 aromatic heterocycles. The van der Waals surface area contributed by atoms with E-state index in [-0.39, 0.29) is 30.7 Å². The first kappa shape index (κ1) is 34.6. The third-order valence-electron chi connectivity index (χ3n) is 8.63. The number of amides is 4. The summed E-state index contributed by atoms with van der Waals surface area (Å²) in [6.07, 6.45) is 5.83. The summed E-state index contributed by atoms with van der Waals surface area (Å²) in [4.78, 5) is 69.1. The fourth-order valence-corrected chi connectivity index (χ4v) is 9.79. The van der Waals surface area contributed by atoms with Gasteiger partial charge in [-0.1, -0.05) is 0 Å². The molecule has 0 spiro atoms. The van der Waals surface area contributed by atoms with Gasteiger partial charge in [0.2, 0.25) is 0 Å². The quantitative estimate of drug-likeness (QED) is 0.256. The molecule has 0 saturated carbocycles. The van der Waals surface area contributed by atoms with E-state index in [0.717, 1.165) is 60.9 Å². The van der Waals surface area contributed by atoms with Gasteiger partial charge in [-0.3, -0.25) is 0 Å². The van der Waals surface area contributed by atoms with E-state index in [1.165, 1.54) is 0 Å². The van der Waals surface area contributed by atoms with Crippen molar-refractivity contribution in [1.29, 1.82) is 0 Å². The number of carbonyl (C=O) groups is 5. The van der Waals surface area contributed by atoms with E-state index in [1.54, 1.807) is 12.1 Å². The topological polar surface area (TPSA) is 136 Å². The van der Waals surface area contributed by atoms with Gasteiger partial charge in [-0.2, -0.15) is 0 Å². The number of nitrogens with zero attached hydrogens (tertiary/aromatic N) is 2. The third-order valence-corrected chi connectivity index (χ3v) is 12.5. The van der Waals surface area contributed by atoms with Gasteiger partial charge in [0.1, 0.15) is 0 Å². The number of hydrogen-bond donors (Lipinski definition) is 3. The predicted octanol–water partition coefficient (Wildman–Crippen LogP) is 3.86. The zero-order chi connectivity index (χ0) is 32.5. The van der Waals surface area contributed by atoms with Crippen molar-refractivity contribution in [3.8, 4) is 0 Å². The molecule has 244 valence electrons. The Morgan fingerprint density at radius 3 is 2.18 bits per heavy atom. The van der Waals surface area contributed by atoms with E-state index in [1.807, 2.05) is 38.1 Å². The zero-order valence-electron chi connectivity index (χ0n) is 26.6. The van der Waals surface area contributed by atoms with Gasteiger partial charge in [0, 0.05) is 0 Å². The molecule has 0 aliphatic carbocycles. The summed E-state index contributed by atoms with van der Waals surface area (Å²) in [6, 6.07) is 10.3. The molecule has 4 rings (SSSR count). The van der Waals surface area contributed by atoms with Crippen molar-refractivity contribution < 1.29 is 29.1 Å². The fraction of sp³-hybridized carbons (Fsp3) is 0.559. The Morgan fingerprint density at radius 2 is 1.58 bits per heavy atom. The van der Waals surface area contributed by atoms with Crippen molar-refractivity contribution in [3.05, 3.63) is 47.5 Å². The van der Waals surface area contributed by atoms with Crippen molar-refractivity contribution in [2.24, 2.45) is 5.92 Å². The number of benzene rings is 2. The zero-order valence-corrected chi connectivity index (χ0v) is 28.7. The average molecular weight is 683 g/mol. The van der Waals surface area contributed by atoms with Crippen LogP contribution < -0.4 is 10.6 Å². The van der Waals surface area contributed by atoms with Crippen LogP contribution in [0.5, 0.6) is 0 Å². The van der Waals surface area contributed by atoms with Gasteiger partial charge in [0.25, 0.3) is 0 Å². The monoisotopic (exact) mass is 682 g/mol. The van der Waals surface area contributed by atoms with Crippen LogP contribution >= 0.6 is 0 Å². The molecule has 4 atom stereocenters. The molecule has 2 aliphatic heterocycles. The Labute approximate surface area is 272 Å². The molecule has 2 aromatic carbocycles. The molecule has 11 heteroatoms. The second-order valence-corrected chi connectivity index (χ2v) is 16.4. The number of carboxylic acids is 1. The summed E-state index contributed by atoms with van der Waals surface area (Å²) < 4.78 is -1.34. The average Bonchev–Trinajstić information content (AvgIpc) is 3.24. The van der Waals surface area contributed by atoms with Gasteiger partial charge in [-0.05, 0) is 0 Å². The van der Waals surface area contributed by atoms with Crippen LogP contribution in [-0.2, 0) is 14.4 Å². The van der Waals surface area contributed by atoms with Gasteiger partial charge in [0.05, 0.1) is 0 Å². The Bertz CT molecular complexity index is 1340. The van der Waals surface area contributed by atoms with E-state index in [9.17, 15) is 29.1 Å². The molecule has 10 nitrogen and oxygen atoms in total. The molecule has 2 heterocycles. The van der Waals surface area contributed by atoms with Gasteiger partial charge in [-0.25, -0.2) is 0 Å². The maximum absolute atomic E-state index is 13.7. The number of carbonyl (C=O) groups excluding carboxylic acids is 4. The summed E-state index contributed by atoms with van der Waals surface area (Å²) in [6.45, 7) is 6.49. The minimum atomic E-state index is -1.42. The molecule has 0 bridgehead atoms.